The molecule has 0 bridgehead atoms. The molecular weight excluding hydrogens is 321 g/mol. The number of sulfonamides is 1. The molecule has 1 heterocycles. The molecular formula is C13H17ClFNO4S. The number of ether oxygens (including phenoxy) is 1. The van der Waals surface area contributed by atoms with Crippen LogP contribution in [0, 0.1) is 5.82 Å². The van der Waals surface area contributed by atoms with Crippen LogP contribution < -0.4 is 4.72 Å². The smallest absolute Gasteiger partial charge is 0.244 e. The maximum Gasteiger partial charge on any atom is 0.244 e. The Morgan fingerprint density at radius 2 is 2.05 bits per heavy atom. The Labute approximate surface area is 128 Å². The van der Waals surface area contributed by atoms with Crippen LogP contribution in [-0.2, 0) is 21.4 Å². The molecule has 0 aliphatic carbocycles. The maximum atomic E-state index is 14.2. The number of hydrogen-bond donors (Lipinski definition) is 2. The van der Waals surface area contributed by atoms with E-state index in [0.29, 0.717) is 26.1 Å². The van der Waals surface area contributed by atoms with Gasteiger partial charge in [-0.05, 0) is 31.9 Å². The number of hydrogen-bond acceptors (Lipinski definition) is 4. The van der Waals surface area contributed by atoms with Gasteiger partial charge in [0.1, 0.15) is 10.7 Å². The monoisotopic (exact) mass is 337 g/mol. The Morgan fingerprint density at radius 3 is 2.62 bits per heavy atom. The van der Waals surface area contributed by atoms with Crippen LogP contribution >= 0.6 is 11.6 Å². The van der Waals surface area contributed by atoms with Crippen molar-refractivity contribution in [1.82, 2.24) is 4.72 Å². The van der Waals surface area contributed by atoms with Crippen LogP contribution in [0.4, 0.5) is 4.39 Å². The van der Waals surface area contributed by atoms with Crippen molar-refractivity contribution >= 4 is 21.6 Å². The highest BCUT2D eigenvalue weighted by Gasteiger charge is 2.34. The average molecular weight is 338 g/mol. The van der Waals surface area contributed by atoms with Crippen LogP contribution in [0.5, 0.6) is 0 Å². The van der Waals surface area contributed by atoms with Crippen molar-refractivity contribution in [3.63, 3.8) is 0 Å². The quantitative estimate of drug-likeness (QED) is 0.878. The second-order valence-electron chi connectivity index (χ2n) is 5.31. The summed E-state index contributed by atoms with van der Waals surface area (Å²) in [5.41, 5.74) is -0.842. The molecule has 1 aromatic rings. The van der Waals surface area contributed by atoms with Crippen LogP contribution in [0.3, 0.4) is 0 Å². The zero-order valence-corrected chi connectivity index (χ0v) is 13.1. The third kappa shape index (κ3) is 3.73. The van der Waals surface area contributed by atoms with E-state index in [1.807, 2.05) is 0 Å². The normalized spacial score (nSPS) is 18.7. The largest absolute Gasteiger partial charge is 0.392 e. The molecule has 21 heavy (non-hydrogen) atoms. The van der Waals surface area contributed by atoms with Gasteiger partial charge in [0, 0.05) is 29.3 Å². The molecule has 0 amide bonds. The number of rotatable bonds is 4. The molecule has 0 radical (unpaired) electrons. The van der Waals surface area contributed by atoms with Gasteiger partial charge in [-0.1, -0.05) is 11.6 Å². The molecule has 8 heteroatoms. The average Bonchev–Trinajstić information content (AvgIpc) is 2.40. The molecule has 5 nitrogen and oxygen atoms in total. The van der Waals surface area contributed by atoms with Crippen LogP contribution in [0.2, 0.25) is 5.02 Å². The van der Waals surface area contributed by atoms with Crippen LogP contribution in [0.25, 0.3) is 0 Å². The summed E-state index contributed by atoms with van der Waals surface area (Å²) >= 11 is 5.79. The van der Waals surface area contributed by atoms with E-state index in [9.17, 15) is 12.8 Å². The van der Waals surface area contributed by atoms with Crippen molar-refractivity contribution in [2.75, 3.05) is 13.2 Å². The van der Waals surface area contributed by atoms with E-state index in [2.05, 4.69) is 4.72 Å². The lowest BCUT2D eigenvalue weighted by molar-refractivity contribution is 0.0537. The zero-order valence-electron chi connectivity index (χ0n) is 11.5. The SMILES string of the molecule is CC1(NS(=O)(=O)c2cc(Cl)cc(CO)c2F)CCOCC1. The van der Waals surface area contributed by atoms with Gasteiger partial charge in [0.2, 0.25) is 10.0 Å². The molecule has 1 aliphatic heterocycles. The molecule has 0 atom stereocenters. The lowest BCUT2D eigenvalue weighted by Crippen LogP contribution is -2.49. The molecule has 0 saturated carbocycles. The minimum Gasteiger partial charge on any atom is -0.392 e. The fourth-order valence-corrected chi connectivity index (χ4v) is 4.15. The summed E-state index contributed by atoms with van der Waals surface area (Å²) in [6, 6.07) is 2.24. The Hall–Kier alpha value is -0.730. The predicted molar refractivity (Wildman–Crippen MR) is 76.1 cm³/mol. The molecule has 0 aromatic heterocycles. The van der Waals surface area contributed by atoms with Gasteiger partial charge in [0.05, 0.1) is 6.61 Å². The van der Waals surface area contributed by atoms with Gasteiger partial charge in [0.15, 0.2) is 0 Å². The van der Waals surface area contributed by atoms with E-state index in [-0.39, 0.29) is 10.6 Å². The molecule has 1 saturated heterocycles. The molecule has 118 valence electrons. The molecule has 0 spiro atoms. The third-order valence-corrected chi connectivity index (χ3v) is 5.37. The van der Waals surface area contributed by atoms with Gasteiger partial charge in [-0.2, -0.15) is 0 Å². The Kier molecular flexibility index (Phi) is 4.89. The summed E-state index contributed by atoms with van der Waals surface area (Å²) in [5, 5.41) is 9.13. The van der Waals surface area contributed by atoms with Crippen molar-refractivity contribution in [2.24, 2.45) is 0 Å². The summed E-state index contributed by atoms with van der Waals surface area (Å²) < 4.78 is 46.7. The first-order valence-corrected chi connectivity index (χ1v) is 8.34. The summed E-state index contributed by atoms with van der Waals surface area (Å²) in [6.07, 6.45) is 1.00. The van der Waals surface area contributed by atoms with Crippen molar-refractivity contribution in [1.29, 1.82) is 0 Å². The van der Waals surface area contributed by atoms with Crippen LogP contribution in [-0.4, -0.2) is 32.3 Å². The molecule has 1 aliphatic rings. The van der Waals surface area contributed by atoms with Gasteiger partial charge in [-0.25, -0.2) is 17.5 Å². The third-order valence-electron chi connectivity index (χ3n) is 3.52. The maximum absolute atomic E-state index is 14.2. The van der Waals surface area contributed by atoms with Crippen molar-refractivity contribution in [2.45, 2.75) is 36.8 Å². The van der Waals surface area contributed by atoms with E-state index >= 15 is 0 Å². The second kappa shape index (κ2) is 6.18. The molecule has 2 N–H and O–H groups in total. The van der Waals surface area contributed by atoms with Crippen molar-refractivity contribution in [3.05, 3.63) is 28.5 Å². The summed E-state index contributed by atoms with van der Waals surface area (Å²) in [7, 11) is -4.08. The molecule has 1 aromatic carbocycles. The van der Waals surface area contributed by atoms with E-state index < -0.39 is 32.9 Å². The number of nitrogens with one attached hydrogen (secondary N) is 1. The standard InChI is InChI=1S/C13H17ClFNO4S/c1-13(2-4-20-5-3-13)16-21(18,19)11-7-10(14)6-9(8-17)12(11)15/h6-7,16-17H,2-5,8H2,1H3. The molecule has 2 rings (SSSR count). The molecule has 1 fully saturated rings. The van der Waals surface area contributed by atoms with Crippen LogP contribution in [0.15, 0.2) is 17.0 Å². The minimum atomic E-state index is -4.08. The number of benzene rings is 1. The lowest BCUT2D eigenvalue weighted by Gasteiger charge is -2.34. The number of aliphatic hydroxyl groups is 1. The van der Waals surface area contributed by atoms with Crippen molar-refractivity contribution in [3.8, 4) is 0 Å². The van der Waals surface area contributed by atoms with E-state index in [1.54, 1.807) is 6.92 Å². The van der Waals surface area contributed by atoms with E-state index in [0.717, 1.165) is 6.07 Å². The first-order chi connectivity index (χ1) is 9.77. The number of aliphatic hydroxyl groups excluding tert-OH is 1. The molecule has 0 unspecified atom stereocenters. The van der Waals surface area contributed by atoms with Crippen LogP contribution in [0.1, 0.15) is 25.3 Å². The van der Waals surface area contributed by atoms with Gasteiger partial charge >= 0.3 is 0 Å². The van der Waals surface area contributed by atoms with Gasteiger partial charge < -0.3 is 9.84 Å². The highest BCUT2D eigenvalue weighted by atomic mass is 35.5. The lowest BCUT2D eigenvalue weighted by atomic mass is 9.94. The summed E-state index contributed by atoms with van der Waals surface area (Å²) in [5.74, 6) is -0.981. The number of halogens is 2. The second-order valence-corrected chi connectivity index (χ2v) is 7.40. The fraction of sp³-hybridized carbons (Fsp3) is 0.538. The fourth-order valence-electron chi connectivity index (χ4n) is 2.23. The summed E-state index contributed by atoms with van der Waals surface area (Å²) in [4.78, 5) is -0.549. The Morgan fingerprint density at radius 1 is 1.43 bits per heavy atom. The van der Waals surface area contributed by atoms with E-state index in [4.69, 9.17) is 21.4 Å². The highest BCUT2D eigenvalue weighted by Crippen LogP contribution is 2.27. The van der Waals surface area contributed by atoms with Gasteiger partial charge in [-0.15, -0.1) is 0 Å². The van der Waals surface area contributed by atoms with Gasteiger partial charge in [-0.3, -0.25) is 0 Å². The summed E-state index contributed by atoms with van der Waals surface area (Å²) in [6.45, 7) is 2.01. The van der Waals surface area contributed by atoms with Gasteiger partial charge in [0.25, 0.3) is 0 Å². The first kappa shape index (κ1) is 16.6. The highest BCUT2D eigenvalue weighted by molar-refractivity contribution is 7.89. The zero-order chi connectivity index (χ0) is 15.7. The Balaban J connectivity index is 2.38. The topological polar surface area (TPSA) is 75.6 Å². The van der Waals surface area contributed by atoms with E-state index in [1.165, 1.54) is 6.07 Å². The predicted octanol–water partition coefficient (Wildman–Crippen LogP) is 1.82. The first-order valence-electron chi connectivity index (χ1n) is 6.48. The van der Waals surface area contributed by atoms with Crippen molar-refractivity contribution < 1.29 is 22.7 Å². The Bertz CT molecular complexity index is 629. The minimum absolute atomic E-state index is 0.0537.